The summed E-state index contributed by atoms with van der Waals surface area (Å²) < 4.78 is 0. The van der Waals surface area contributed by atoms with E-state index in [0.717, 1.165) is 11.1 Å². The van der Waals surface area contributed by atoms with Gasteiger partial charge in [0.15, 0.2) is 0 Å². The first-order valence-corrected chi connectivity index (χ1v) is 9.79. The number of phenols is 1. The van der Waals surface area contributed by atoms with Crippen molar-refractivity contribution in [1.29, 1.82) is 0 Å². The Balaban J connectivity index is 1.42. The Morgan fingerprint density at radius 3 is 2.80 bits per heavy atom. The second-order valence-corrected chi connectivity index (χ2v) is 7.21. The lowest BCUT2D eigenvalue weighted by Crippen LogP contribution is -2.29. The Kier molecular flexibility index (Phi) is 5.26. The molecule has 3 heterocycles. The van der Waals surface area contributed by atoms with Crippen LogP contribution < -0.4 is 10.6 Å². The second kappa shape index (κ2) is 8.17. The third kappa shape index (κ3) is 3.91. The Morgan fingerprint density at radius 2 is 2.10 bits per heavy atom. The van der Waals surface area contributed by atoms with Crippen molar-refractivity contribution in [3.8, 4) is 16.5 Å². The molecule has 0 unspecified atom stereocenters. The number of amides is 1. The number of carbonyl (C=O) groups is 1. The second-order valence-electron chi connectivity index (χ2n) is 6.26. The minimum atomic E-state index is -0.520. The SMILES string of the molecule is O=C(NCCNc1ccc([N+](=O)[O-])cn1)c1ccc(O)c2[nH]c(-c3cccs3)nc12. The summed E-state index contributed by atoms with van der Waals surface area (Å²) in [5.74, 6) is 0.738. The molecule has 1 amide bonds. The fourth-order valence-corrected chi connectivity index (χ4v) is 3.52. The monoisotopic (exact) mass is 424 g/mol. The van der Waals surface area contributed by atoms with Crippen LogP contribution in [0, 0.1) is 10.1 Å². The Morgan fingerprint density at radius 1 is 1.23 bits per heavy atom. The number of hydrogen-bond acceptors (Lipinski definition) is 8. The summed E-state index contributed by atoms with van der Waals surface area (Å²) in [5, 5.41) is 28.4. The molecule has 4 N–H and O–H groups in total. The number of imidazole rings is 1. The molecule has 0 saturated carbocycles. The van der Waals surface area contributed by atoms with Gasteiger partial charge in [0.1, 0.15) is 34.6 Å². The molecule has 0 radical (unpaired) electrons. The van der Waals surface area contributed by atoms with Crippen molar-refractivity contribution in [2.45, 2.75) is 0 Å². The van der Waals surface area contributed by atoms with Crippen molar-refractivity contribution in [1.82, 2.24) is 20.3 Å². The number of fused-ring (bicyclic) bond motifs is 1. The van der Waals surface area contributed by atoms with E-state index in [0.29, 0.717) is 41.3 Å². The van der Waals surface area contributed by atoms with Crippen LogP contribution in [0.4, 0.5) is 11.5 Å². The van der Waals surface area contributed by atoms with Gasteiger partial charge in [-0.05, 0) is 29.6 Å². The van der Waals surface area contributed by atoms with Crippen LogP contribution >= 0.6 is 11.3 Å². The van der Waals surface area contributed by atoms with Gasteiger partial charge in [-0.2, -0.15) is 0 Å². The Labute approximate surface area is 173 Å². The first kappa shape index (κ1) is 19.3. The molecule has 4 rings (SSSR count). The van der Waals surface area contributed by atoms with Crippen LogP contribution in [0.1, 0.15) is 10.4 Å². The molecule has 11 heteroatoms. The van der Waals surface area contributed by atoms with Gasteiger partial charge in [-0.15, -0.1) is 11.3 Å². The van der Waals surface area contributed by atoms with E-state index in [4.69, 9.17) is 0 Å². The number of rotatable bonds is 7. The quantitative estimate of drug-likeness (QED) is 0.202. The van der Waals surface area contributed by atoms with E-state index in [-0.39, 0.29) is 17.3 Å². The van der Waals surface area contributed by atoms with Crippen LogP contribution in [-0.2, 0) is 0 Å². The highest BCUT2D eigenvalue weighted by Gasteiger charge is 2.17. The van der Waals surface area contributed by atoms with E-state index in [9.17, 15) is 20.0 Å². The van der Waals surface area contributed by atoms with Crippen LogP contribution in [0.15, 0.2) is 48.0 Å². The number of nitro groups is 1. The number of carbonyl (C=O) groups excluding carboxylic acids is 1. The molecule has 10 nitrogen and oxygen atoms in total. The van der Waals surface area contributed by atoms with Crippen molar-refractivity contribution in [3.05, 3.63) is 63.7 Å². The standard InChI is InChI=1S/C19H16N6O4S/c26-13-5-4-12(16-17(13)24-18(23-16)14-2-1-9-30-14)19(27)21-8-7-20-15-6-3-11(10-22-15)25(28)29/h1-6,9-10,26H,7-8H2,(H,20,22)(H,21,27)(H,23,24). The molecule has 0 spiro atoms. The van der Waals surface area contributed by atoms with E-state index >= 15 is 0 Å². The Hall–Kier alpha value is -3.99. The number of H-pyrrole nitrogens is 1. The number of benzene rings is 1. The number of pyridine rings is 1. The van der Waals surface area contributed by atoms with Gasteiger partial charge in [0, 0.05) is 19.2 Å². The van der Waals surface area contributed by atoms with E-state index < -0.39 is 4.92 Å². The fourth-order valence-electron chi connectivity index (χ4n) is 2.85. The summed E-state index contributed by atoms with van der Waals surface area (Å²) in [7, 11) is 0. The summed E-state index contributed by atoms with van der Waals surface area (Å²) in [4.78, 5) is 35.2. The number of nitrogens with zero attached hydrogens (tertiary/aromatic N) is 3. The third-order valence-electron chi connectivity index (χ3n) is 4.30. The van der Waals surface area contributed by atoms with Crippen molar-refractivity contribution >= 4 is 39.8 Å². The third-order valence-corrected chi connectivity index (χ3v) is 5.17. The molecule has 30 heavy (non-hydrogen) atoms. The van der Waals surface area contributed by atoms with E-state index in [2.05, 4.69) is 25.6 Å². The number of anilines is 1. The predicted octanol–water partition coefficient (Wildman–Crippen LogP) is 3.14. The van der Waals surface area contributed by atoms with Crippen LogP contribution in [0.5, 0.6) is 5.75 Å². The molecule has 0 atom stereocenters. The minimum Gasteiger partial charge on any atom is -0.506 e. The summed E-state index contributed by atoms with van der Waals surface area (Å²) in [6, 6.07) is 9.62. The topological polar surface area (TPSA) is 146 Å². The molecule has 0 aliphatic heterocycles. The summed E-state index contributed by atoms with van der Waals surface area (Å²) in [6.07, 6.45) is 1.16. The van der Waals surface area contributed by atoms with Crippen LogP contribution in [0.2, 0.25) is 0 Å². The molecular formula is C19H16N6O4S. The lowest BCUT2D eigenvalue weighted by Gasteiger charge is -2.08. The number of aromatic amines is 1. The first-order valence-electron chi connectivity index (χ1n) is 8.91. The molecular weight excluding hydrogens is 408 g/mol. The zero-order valence-corrected chi connectivity index (χ0v) is 16.3. The maximum absolute atomic E-state index is 12.6. The van der Waals surface area contributed by atoms with Crippen molar-refractivity contribution in [2.24, 2.45) is 0 Å². The normalized spacial score (nSPS) is 10.8. The van der Waals surface area contributed by atoms with Gasteiger partial charge in [-0.25, -0.2) is 9.97 Å². The molecule has 152 valence electrons. The molecule has 0 aliphatic rings. The molecule has 0 aliphatic carbocycles. The van der Waals surface area contributed by atoms with E-state index in [1.165, 1.54) is 35.6 Å². The zero-order valence-electron chi connectivity index (χ0n) is 15.5. The van der Waals surface area contributed by atoms with Crippen molar-refractivity contribution in [2.75, 3.05) is 18.4 Å². The number of aromatic nitrogens is 3. The summed E-state index contributed by atoms with van der Waals surface area (Å²) >= 11 is 1.50. The van der Waals surface area contributed by atoms with Crippen LogP contribution in [0.25, 0.3) is 21.7 Å². The number of aromatic hydroxyl groups is 1. The molecule has 4 aromatic rings. The number of phenolic OH excluding ortho intramolecular Hbond substituents is 1. The lowest BCUT2D eigenvalue weighted by atomic mass is 10.1. The molecule has 0 fully saturated rings. The highest BCUT2D eigenvalue weighted by Crippen LogP contribution is 2.30. The molecule has 3 aromatic heterocycles. The van der Waals surface area contributed by atoms with Gasteiger partial charge < -0.3 is 20.7 Å². The molecule has 1 aromatic carbocycles. The molecule has 0 bridgehead atoms. The number of nitrogens with one attached hydrogen (secondary N) is 3. The lowest BCUT2D eigenvalue weighted by molar-refractivity contribution is -0.385. The fraction of sp³-hybridized carbons (Fsp3) is 0.105. The zero-order chi connectivity index (χ0) is 21.1. The van der Waals surface area contributed by atoms with Gasteiger partial charge in [0.2, 0.25) is 0 Å². The molecule has 0 saturated heterocycles. The smallest absolute Gasteiger partial charge is 0.287 e. The predicted molar refractivity (Wildman–Crippen MR) is 113 cm³/mol. The average molecular weight is 424 g/mol. The maximum atomic E-state index is 12.6. The van der Waals surface area contributed by atoms with E-state index in [1.54, 1.807) is 0 Å². The van der Waals surface area contributed by atoms with Crippen LogP contribution in [0.3, 0.4) is 0 Å². The van der Waals surface area contributed by atoms with Crippen molar-refractivity contribution in [3.63, 3.8) is 0 Å². The first-order chi connectivity index (χ1) is 14.5. The highest BCUT2D eigenvalue weighted by atomic mass is 32.1. The van der Waals surface area contributed by atoms with Gasteiger partial charge >= 0.3 is 0 Å². The number of thiophene rings is 1. The van der Waals surface area contributed by atoms with Gasteiger partial charge in [0.25, 0.3) is 11.6 Å². The van der Waals surface area contributed by atoms with Gasteiger partial charge in [-0.3, -0.25) is 14.9 Å². The van der Waals surface area contributed by atoms with Gasteiger partial charge in [0.05, 0.1) is 15.4 Å². The Bertz CT molecular complexity index is 1200. The summed E-state index contributed by atoms with van der Waals surface area (Å²) in [5.41, 5.74) is 1.04. The largest absolute Gasteiger partial charge is 0.506 e. The van der Waals surface area contributed by atoms with E-state index in [1.807, 2.05) is 17.5 Å². The maximum Gasteiger partial charge on any atom is 0.287 e. The minimum absolute atomic E-state index is 0.0165. The van der Waals surface area contributed by atoms with Gasteiger partial charge in [-0.1, -0.05) is 6.07 Å². The van der Waals surface area contributed by atoms with Crippen molar-refractivity contribution < 1.29 is 14.8 Å². The average Bonchev–Trinajstić information content (AvgIpc) is 3.42. The number of hydrogen-bond donors (Lipinski definition) is 4. The van der Waals surface area contributed by atoms with Crippen LogP contribution in [-0.4, -0.2) is 44.0 Å². The highest BCUT2D eigenvalue weighted by molar-refractivity contribution is 7.13. The summed E-state index contributed by atoms with van der Waals surface area (Å²) in [6.45, 7) is 0.668.